The van der Waals surface area contributed by atoms with E-state index in [0.717, 1.165) is 73.6 Å². The van der Waals surface area contributed by atoms with Gasteiger partial charge in [0.1, 0.15) is 18.4 Å². The number of nitrogens with one attached hydrogen (secondary N) is 4. The molecule has 24 nitrogen and oxygen atoms in total. The number of fused-ring (bicyclic) bond motifs is 3. The number of hydrogen-bond acceptors (Lipinski definition) is 19. The van der Waals surface area contributed by atoms with Gasteiger partial charge in [-0.15, -0.1) is 11.8 Å². The van der Waals surface area contributed by atoms with Crippen LogP contribution < -0.4 is 40.2 Å². The van der Waals surface area contributed by atoms with Gasteiger partial charge in [-0.25, -0.2) is 4.98 Å². The Hall–Kier alpha value is -9.13. The van der Waals surface area contributed by atoms with Crippen molar-refractivity contribution in [2.75, 3.05) is 58.1 Å². The van der Waals surface area contributed by atoms with Crippen molar-refractivity contribution in [2.24, 2.45) is 29.1 Å². The number of nitrogens with zero attached hydrogens (tertiary/aromatic N) is 3. The molecule has 3 aliphatic heterocycles. The van der Waals surface area contributed by atoms with Crippen LogP contribution in [0.25, 0.3) is 6.08 Å². The number of ether oxygens (including phenoxy) is 6. The van der Waals surface area contributed by atoms with Gasteiger partial charge in [-0.05, 0) is 134 Å². The molecule has 25 heteroatoms. The maximum atomic E-state index is 13.6. The Balaban J connectivity index is 0.635. The van der Waals surface area contributed by atoms with Gasteiger partial charge in [-0.2, -0.15) is 0 Å². The molecule has 1 saturated heterocycles. The number of imide groups is 1. The van der Waals surface area contributed by atoms with E-state index < -0.39 is 41.7 Å². The molecule has 2 aliphatic carbocycles. The van der Waals surface area contributed by atoms with Crippen LogP contribution in [0.2, 0.25) is 0 Å². The molecule has 4 heterocycles. The van der Waals surface area contributed by atoms with Gasteiger partial charge in [0.2, 0.25) is 41.4 Å². The van der Waals surface area contributed by atoms with E-state index in [0.29, 0.717) is 89.9 Å². The number of methoxy groups -OCH3 is 2. The molecule has 6 unspecified atom stereocenters. The number of aromatic nitrogens is 1. The molecule has 0 bridgehead atoms. The second kappa shape index (κ2) is 37.9. The topological polar surface area (TPSA) is 311 Å². The summed E-state index contributed by atoms with van der Waals surface area (Å²) in [5.74, 6) is -1.01. The van der Waals surface area contributed by atoms with E-state index in [1.54, 1.807) is 66.6 Å². The summed E-state index contributed by atoms with van der Waals surface area (Å²) >= 11 is 1.47. The second-order valence-electron chi connectivity index (χ2n) is 27.4. The number of allylic oxidation sites excluding steroid dienone is 1. The number of rotatable bonds is 42. The number of aryl methyl sites for hydroxylation is 1. The highest BCUT2D eigenvalue weighted by molar-refractivity contribution is 8.04. The molecule has 2 saturated carbocycles. The fourth-order valence-electron chi connectivity index (χ4n) is 14.1. The Morgan fingerprint density at radius 1 is 0.718 bits per heavy atom. The van der Waals surface area contributed by atoms with Crippen LogP contribution >= 0.6 is 11.8 Å². The molecular formula is C78H99N7O17S. The molecular weight excluding hydrogens is 1340 g/mol. The smallest absolute Gasteiger partial charge is 0.306 e. The number of benzene rings is 3. The van der Waals surface area contributed by atoms with Gasteiger partial charge < -0.3 is 54.6 Å². The SMILES string of the molecule is CCCCC12C(=O)N(CCCCCC(=O)C3CCC3CCC(=O)NCC(=O)NC(Cc3ccccc3)C(=O)NCC(=O)Nc3ccc(COC(=O)CCC(=O)N4Cc5cc(OC)c(OCCCOc6cc7c(cc6OC)CCSC(C(=O)CCC(=O)OC(C)CCC)=C7)nc5C4)cc3)C(=O)C1[C@H]2C. The highest BCUT2D eigenvalue weighted by atomic mass is 32.2. The maximum absolute atomic E-state index is 13.6. The molecule has 3 aromatic carbocycles. The van der Waals surface area contributed by atoms with Gasteiger partial charge in [0, 0.05) is 69.0 Å². The van der Waals surface area contributed by atoms with Crippen molar-refractivity contribution in [2.45, 2.75) is 188 Å². The number of carbonyl (C=O) groups excluding carboxylic acids is 11. The predicted octanol–water partition coefficient (Wildman–Crippen LogP) is 9.67. The minimum absolute atomic E-state index is 0.0139. The average molecular weight is 1440 g/mol. The van der Waals surface area contributed by atoms with Crippen LogP contribution in [-0.2, 0) is 94.8 Å². The number of likely N-dealkylation sites (tertiary alicyclic amines) is 1. The van der Waals surface area contributed by atoms with Gasteiger partial charge >= 0.3 is 11.9 Å². The van der Waals surface area contributed by atoms with Crippen LogP contribution in [0.1, 0.15) is 177 Å². The Labute approximate surface area is 606 Å². The van der Waals surface area contributed by atoms with E-state index in [2.05, 4.69) is 28.2 Å². The number of piperidine rings is 1. The van der Waals surface area contributed by atoms with Crippen LogP contribution in [0, 0.1) is 29.1 Å². The normalized spacial score (nSPS) is 19.0. The van der Waals surface area contributed by atoms with Crippen molar-refractivity contribution in [1.82, 2.24) is 30.7 Å². The highest BCUT2D eigenvalue weighted by Gasteiger charge is 2.76. The third-order valence-corrected chi connectivity index (χ3v) is 21.2. The fraction of sp³-hybridized carbons (Fsp3) is 0.538. The van der Waals surface area contributed by atoms with Crippen LogP contribution in [-0.4, -0.2) is 145 Å². The molecule has 0 spiro atoms. The summed E-state index contributed by atoms with van der Waals surface area (Å²) in [5, 5.41) is 10.6. The second-order valence-corrected chi connectivity index (χ2v) is 28.5. The van der Waals surface area contributed by atoms with Gasteiger partial charge in [-0.1, -0.05) is 88.9 Å². The Kier molecular flexibility index (Phi) is 28.7. The first-order valence-corrected chi connectivity index (χ1v) is 37.4. The van der Waals surface area contributed by atoms with Crippen molar-refractivity contribution in [3.8, 4) is 23.1 Å². The molecule has 4 aromatic rings. The van der Waals surface area contributed by atoms with Crippen molar-refractivity contribution >= 4 is 88.4 Å². The lowest BCUT2D eigenvalue weighted by Crippen LogP contribution is -2.51. The van der Waals surface area contributed by atoms with Crippen molar-refractivity contribution in [1.29, 1.82) is 0 Å². The number of thioether (sulfide) groups is 1. The summed E-state index contributed by atoms with van der Waals surface area (Å²) in [7, 11) is 3.08. The number of pyridine rings is 1. The summed E-state index contributed by atoms with van der Waals surface area (Å²) in [5.41, 5.74) is 4.57. The molecule has 554 valence electrons. The molecule has 7 atom stereocenters. The zero-order valence-corrected chi connectivity index (χ0v) is 61.0. The molecule has 103 heavy (non-hydrogen) atoms. The monoisotopic (exact) mass is 1440 g/mol. The lowest BCUT2D eigenvalue weighted by Gasteiger charge is -2.35. The number of esters is 2. The number of hydrogen-bond donors (Lipinski definition) is 4. The number of anilines is 1. The first-order chi connectivity index (χ1) is 49.7. The average Bonchev–Trinajstić information content (AvgIpc) is 1.51. The third kappa shape index (κ3) is 21.3. The van der Waals surface area contributed by atoms with E-state index in [-0.39, 0.29) is 155 Å². The standard InChI is InChI=1S/C78H99N7O17S/c1-7-9-34-78-50(4)73(78)76(95)85(77(78)96)35-15-11-14-20-61(86)58-27-23-53(58)24-29-67(88)79-44-69(90)82-59(39-51-18-12-10-13-19-51)74(94)80-45-68(89)81-57-25-21-52(22-26-57)48-101-71(92)32-30-70(91)84-46-56-42-65(98-6)75(83-60(56)47-84)100-37-16-36-99-64-41-55-43-66(103-38-33-54(55)40-63(64)97-5)62(87)28-31-72(93)102-49(3)17-8-2/h10,12-13,18-19,21-22,25-26,40-43,49-50,53,58-59,73H,7-9,11,14-17,20,23-24,27-39,44-48H2,1-6H3,(H,79,88)(H,80,94)(H,81,89)(H,82,90)/t49?,50-,53?,58?,59?,73?,78?/m1/s1. The van der Waals surface area contributed by atoms with Crippen molar-refractivity contribution in [3.63, 3.8) is 0 Å². The van der Waals surface area contributed by atoms with Crippen molar-refractivity contribution < 1.29 is 81.2 Å². The number of amides is 7. The number of unbranched alkanes of at least 4 members (excludes halogenated alkanes) is 3. The molecule has 5 aliphatic rings. The number of ketones is 2. The lowest BCUT2D eigenvalue weighted by molar-refractivity contribution is -0.149. The zero-order valence-electron chi connectivity index (χ0n) is 60.2. The molecule has 7 amide bonds. The molecule has 3 fully saturated rings. The Morgan fingerprint density at radius 3 is 2.20 bits per heavy atom. The molecule has 0 radical (unpaired) electrons. The van der Waals surface area contributed by atoms with E-state index in [1.165, 1.54) is 23.8 Å². The Bertz CT molecular complexity index is 3750. The van der Waals surface area contributed by atoms with Crippen LogP contribution in [0.4, 0.5) is 5.69 Å². The lowest BCUT2D eigenvalue weighted by atomic mass is 9.68. The summed E-state index contributed by atoms with van der Waals surface area (Å²) in [6, 6.07) is 20.1. The van der Waals surface area contributed by atoms with Gasteiger partial charge in [0.25, 0.3) is 5.88 Å². The summed E-state index contributed by atoms with van der Waals surface area (Å²) in [6.45, 7) is 8.45. The summed E-state index contributed by atoms with van der Waals surface area (Å²) in [4.78, 5) is 152. The molecule has 4 N–H and O–H groups in total. The van der Waals surface area contributed by atoms with E-state index in [1.807, 2.05) is 45.0 Å². The van der Waals surface area contributed by atoms with Gasteiger partial charge in [0.15, 0.2) is 23.0 Å². The minimum atomic E-state index is -1.08. The van der Waals surface area contributed by atoms with Crippen LogP contribution in [0.5, 0.6) is 23.1 Å². The Morgan fingerprint density at radius 2 is 1.47 bits per heavy atom. The van der Waals surface area contributed by atoms with E-state index in [9.17, 15) is 52.7 Å². The van der Waals surface area contributed by atoms with Crippen molar-refractivity contribution in [3.05, 3.63) is 111 Å². The van der Waals surface area contributed by atoms with Crippen LogP contribution in [0.3, 0.4) is 0 Å². The minimum Gasteiger partial charge on any atom is -0.493 e. The number of Topliss-reactive ketones (excluding diaryl/α,β-unsaturated/α-hetero) is 2. The fourth-order valence-corrected chi connectivity index (χ4v) is 15.1. The summed E-state index contributed by atoms with van der Waals surface area (Å²) < 4.78 is 34.5. The third-order valence-electron chi connectivity index (χ3n) is 20.1. The van der Waals surface area contributed by atoms with E-state index >= 15 is 0 Å². The first-order valence-electron chi connectivity index (χ1n) is 36.4. The molecule has 9 rings (SSSR count). The van der Waals surface area contributed by atoms with E-state index in [4.69, 9.17) is 33.4 Å². The number of carbonyl (C=O) groups is 11. The zero-order chi connectivity index (χ0) is 73.6. The van der Waals surface area contributed by atoms with Gasteiger partial charge in [-0.3, -0.25) is 57.6 Å². The highest BCUT2D eigenvalue weighted by Crippen LogP contribution is 2.67. The summed E-state index contributed by atoms with van der Waals surface area (Å²) in [6.07, 6.45) is 11.8. The predicted molar refractivity (Wildman–Crippen MR) is 385 cm³/mol. The van der Waals surface area contributed by atoms with Crippen LogP contribution in [0.15, 0.2) is 77.7 Å². The maximum Gasteiger partial charge on any atom is 0.306 e. The van der Waals surface area contributed by atoms with Gasteiger partial charge in [0.05, 0.1) is 87.9 Å². The largest absolute Gasteiger partial charge is 0.493 e. The first kappa shape index (κ1) is 78.0. The quantitative estimate of drug-likeness (QED) is 0.0182. The molecule has 1 aromatic heterocycles.